The van der Waals surface area contributed by atoms with E-state index in [9.17, 15) is 9.59 Å². The summed E-state index contributed by atoms with van der Waals surface area (Å²) < 4.78 is 1.12. The zero-order valence-corrected chi connectivity index (χ0v) is 15.4. The number of fused-ring (bicyclic) bond motifs is 1. The fraction of sp³-hybridized carbons (Fsp3) is 0.150. The summed E-state index contributed by atoms with van der Waals surface area (Å²) in [5.41, 5.74) is 2.63. The summed E-state index contributed by atoms with van der Waals surface area (Å²) >= 11 is 0. The molecule has 0 saturated carbocycles. The molecule has 4 aromatic rings. The van der Waals surface area contributed by atoms with Crippen LogP contribution in [0, 0.1) is 13.8 Å². The number of nitrogens with one attached hydrogen (secondary N) is 2. The highest BCUT2D eigenvalue weighted by Crippen LogP contribution is 2.15. The topological polar surface area (TPSA) is 106 Å². The normalized spacial score (nSPS) is 10.9. The number of pyridine rings is 1. The minimum atomic E-state index is -0.537. The van der Waals surface area contributed by atoms with Gasteiger partial charge in [0.2, 0.25) is 5.95 Å². The van der Waals surface area contributed by atoms with Crippen LogP contribution in [0.5, 0.6) is 0 Å². The lowest BCUT2D eigenvalue weighted by atomic mass is 10.1. The monoisotopic (exact) mass is 374 g/mol. The van der Waals surface area contributed by atoms with Crippen molar-refractivity contribution in [1.82, 2.24) is 24.5 Å². The molecule has 0 aliphatic rings. The van der Waals surface area contributed by atoms with Crippen molar-refractivity contribution < 1.29 is 0 Å². The number of nitrogens with zero attached hydrogens (tertiary/aromatic N) is 4. The number of aromatic amines is 1. The van der Waals surface area contributed by atoms with Crippen LogP contribution in [0.25, 0.3) is 16.7 Å². The van der Waals surface area contributed by atoms with Gasteiger partial charge in [-0.15, -0.1) is 0 Å². The van der Waals surface area contributed by atoms with Gasteiger partial charge in [0.15, 0.2) is 5.65 Å². The molecule has 0 saturated heterocycles. The van der Waals surface area contributed by atoms with Crippen LogP contribution < -0.4 is 16.6 Å². The zero-order chi connectivity index (χ0) is 19.7. The van der Waals surface area contributed by atoms with Crippen LogP contribution in [0.1, 0.15) is 16.7 Å². The van der Waals surface area contributed by atoms with E-state index in [2.05, 4.69) is 25.3 Å². The van der Waals surface area contributed by atoms with E-state index >= 15 is 0 Å². The van der Waals surface area contributed by atoms with Gasteiger partial charge in [-0.2, -0.15) is 4.98 Å². The van der Waals surface area contributed by atoms with Crippen molar-refractivity contribution in [2.75, 3.05) is 5.32 Å². The quantitative estimate of drug-likeness (QED) is 0.567. The molecular formula is C20H18N6O2. The Balaban J connectivity index is 1.75. The number of rotatable bonds is 4. The molecular weight excluding hydrogens is 356 g/mol. The Kier molecular flexibility index (Phi) is 4.44. The Bertz CT molecular complexity index is 1280. The highest BCUT2D eigenvalue weighted by Gasteiger charge is 2.14. The first-order valence-electron chi connectivity index (χ1n) is 8.76. The summed E-state index contributed by atoms with van der Waals surface area (Å²) in [6.07, 6.45) is 4.83. The smallest absolute Gasteiger partial charge is 0.334 e. The van der Waals surface area contributed by atoms with Crippen molar-refractivity contribution in [3.8, 4) is 5.69 Å². The van der Waals surface area contributed by atoms with Gasteiger partial charge >= 0.3 is 5.69 Å². The van der Waals surface area contributed by atoms with E-state index < -0.39 is 11.2 Å². The molecule has 8 heteroatoms. The molecule has 0 atom stereocenters. The standard InChI is InChI=1S/C20H18N6O2/c1-12-4-3-5-16(13(12)2)26-18(27)15-11-23-19(24-17(15)25-20(26)28)22-10-14-6-8-21-9-7-14/h3-9,11H,10H2,1-2H3,(H2,22,23,24,25,28). The van der Waals surface area contributed by atoms with E-state index in [0.717, 1.165) is 21.3 Å². The molecule has 3 aromatic heterocycles. The Morgan fingerprint density at radius 3 is 2.68 bits per heavy atom. The van der Waals surface area contributed by atoms with E-state index in [-0.39, 0.29) is 11.0 Å². The number of anilines is 1. The maximum Gasteiger partial charge on any atom is 0.334 e. The Morgan fingerprint density at radius 2 is 1.89 bits per heavy atom. The fourth-order valence-corrected chi connectivity index (χ4v) is 2.97. The molecule has 0 bridgehead atoms. The van der Waals surface area contributed by atoms with Gasteiger partial charge in [0.1, 0.15) is 5.39 Å². The molecule has 0 unspecified atom stereocenters. The maximum absolute atomic E-state index is 12.9. The molecule has 0 radical (unpaired) electrons. The van der Waals surface area contributed by atoms with Crippen LogP contribution in [-0.4, -0.2) is 24.5 Å². The second kappa shape index (κ2) is 7.07. The van der Waals surface area contributed by atoms with Crippen LogP contribution in [0.2, 0.25) is 0 Å². The number of hydrogen-bond donors (Lipinski definition) is 2. The molecule has 0 aliphatic heterocycles. The third-order valence-electron chi connectivity index (χ3n) is 4.67. The van der Waals surface area contributed by atoms with Gasteiger partial charge in [0.05, 0.1) is 5.69 Å². The van der Waals surface area contributed by atoms with Crippen molar-refractivity contribution >= 4 is 17.0 Å². The molecule has 0 aliphatic carbocycles. The molecule has 2 N–H and O–H groups in total. The van der Waals surface area contributed by atoms with E-state index in [1.54, 1.807) is 18.5 Å². The van der Waals surface area contributed by atoms with Gasteiger partial charge < -0.3 is 5.32 Å². The number of aryl methyl sites for hydroxylation is 1. The maximum atomic E-state index is 12.9. The highest BCUT2D eigenvalue weighted by atomic mass is 16.2. The van der Waals surface area contributed by atoms with Gasteiger partial charge in [-0.05, 0) is 48.7 Å². The van der Waals surface area contributed by atoms with Gasteiger partial charge in [-0.25, -0.2) is 14.3 Å². The second-order valence-corrected chi connectivity index (χ2v) is 6.45. The van der Waals surface area contributed by atoms with Gasteiger partial charge in [-0.3, -0.25) is 14.8 Å². The largest absolute Gasteiger partial charge is 0.350 e. The van der Waals surface area contributed by atoms with E-state index in [0.29, 0.717) is 18.2 Å². The van der Waals surface area contributed by atoms with Gasteiger partial charge in [0.25, 0.3) is 5.56 Å². The lowest BCUT2D eigenvalue weighted by molar-refractivity contribution is 0.882. The first-order chi connectivity index (χ1) is 13.5. The summed E-state index contributed by atoms with van der Waals surface area (Å²) in [4.78, 5) is 40.7. The summed E-state index contributed by atoms with van der Waals surface area (Å²) in [7, 11) is 0. The fourth-order valence-electron chi connectivity index (χ4n) is 2.97. The third-order valence-corrected chi connectivity index (χ3v) is 4.67. The van der Waals surface area contributed by atoms with Crippen molar-refractivity contribution in [3.63, 3.8) is 0 Å². The number of hydrogen-bond acceptors (Lipinski definition) is 6. The van der Waals surface area contributed by atoms with Crippen molar-refractivity contribution in [2.45, 2.75) is 20.4 Å². The molecule has 0 amide bonds. The molecule has 0 fully saturated rings. The Hall–Kier alpha value is -3.81. The third kappa shape index (κ3) is 3.16. The molecule has 28 heavy (non-hydrogen) atoms. The number of benzene rings is 1. The Labute approximate surface area is 160 Å². The Morgan fingerprint density at radius 1 is 1.11 bits per heavy atom. The average Bonchev–Trinajstić information content (AvgIpc) is 2.70. The highest BCUT2D eigenvalue weighted by molar-refractivity contribution is 5.73. The lowest BCUT2D eigenvalue weighted by Crippen LogP contribution is -2.34. The van der Waals surface area contributed by atoms with Gasteiger partial charge in [0, 0.05) is 25.1 Å². The van der Waals surface area contributed by atoms with E-state index in [1.165, 1.54) is 6.20 Å². The van der Waals surface area contributed by atoms with Crippen LogP contribution >= 0.6 is 0 Å². The average molecular weight is 374 g/mol. The molecule has 3 heterocycles. The van der Waals surface area contributed by atoms with Gasteiger partial charge in [-0.1, -0.05) is 12.1 Å². The summed E-state index contributed by atoms with van der Waals surface area (Å²) in [5.74, 6) is 0.323. The first-order valence-corrected chi connectivity index (χ1v) is 8.76. The van der Waals surface area contributed by atoms with Crippen LogP contribution in [0.4, 0.5) is 5.95 Å². The predicted molar refractivity (Wildman–Crippen MR) is 107 cm³/mol. The SMILES string of the molecule is Cc1cccc(-n2c(=O)[nH]c3nc(NCc4ccncc4)ncc3c2=O)c1C. The minimum absolute atomic E-state index is 0.198. The second-order valence-electron chi connectivity index (χ2n) is 6.45. The van der Waals surface area contributed by atoms with Crippen molar-refractivity contribution in [2.24, 2.45) is 0 Å². The predicted octanol–water partition coefficient (Wildman–Crippen LogP) is 2.09. The molecule has 0 spiro atoms. The first kappa shape index (κ1) is 17.6. The van der Waals surface area contributed by atoms with Crippen molar-refractivity contribution in [1.29, 1.82) is 0 Å². The van der Waals surface area contributed by atoms with Crippen LogP contribution in [0.3, 0.4) is 0 Å². The lowest BCUT2D eigenvalue weighted by Gasteiger charge is -2.11. The molecule has 1 aromatic carbocycles. The molecule has 8 nitrogen and oxygen atoms in total. The summed E-state index contributed by atoms with van der Waals surface area (Å²) in [5, 5.41) is 3.32. The minimum Gasteiger partial charge on any atom is -0.350 e. The van der Waals surface area contributed by atoms with E-state index in [1.807, 2.05) is 38.1 Å². The van der Waals surface area contributed by atoms with Crippen molar-refractivity contribution in [3.05, 3.63) is 86.5 Å². The van der Waals surface area contributed by atoms with E-state index in [4.69, 9.17) is 0 Å². The summed E-state index contributed by atoms with van der Waals surface area (Å²) in [6.45, 7) is 4.31. The van der Waals surface area contributed by atoms with Crippen LogP contribution in [-0.2, 0) is 6.54 Å². The molecule has 4 rings (SSSR count). The van der Waals surface area contributed by atoms with Crippen LogP contribution in [0.15, 0.2) is 58.5 Å². The molecule has 140 valence electrons. The summed E-state index contributed by atoms with van der Waals surface area (Å²) in [6, 6.07) is 9.24. The number of H-pyrrole nitrogens is 1. The zero-order valence-electron chi connectivity index (χ0n) is 15.4. The number of aromatic nitrogens is 5.